The molecule has 0 bridgehead atoms. The molecule has 0 saturated heterocycles. The number of carboxylic acids is 1. The molecule has 0 aromatic heterocycles. The molecule has 1 N–H and O–H groups in total. The minimum atomic E-state index is -1.39. The molecule has 0 amide bonds. The first-order valence-electron chi connectivity index (χ1n) is 11.0. The lowest BCUT2D eigenvalue weighted by Crippen LogP contribution is -2.28. The van der Waals surface area contributed by atoms with E-state index in [9.17, 15) is 20.0 Å². The van der Waals surface area contributed by atoms with Gasteiger partial charge in [0.05, 0.1) is 18.6 Å². The summed E-state index contributed by atoms with van der Waals surface area (Å²) >= 11 is 0. The Hall–Kier alpha value is -3.59. The Balaban J connectivity index is 1.90. The number of carbonyl (C=O) groups excluding carboxylic acids is 1. The summed E-state index contributed by atoms with van der Waals surface area (Å²) in [7, 11) is 0. The number of carboxylic acid groups (broad SMARTS) is 1. The number of esters is 1. The van der Waals surface area contributed by atoms with E-state index in [2.05, 4.69) is 6.07 Å². The van der Waals surface area contributed by atoms with Crippen LogP contribution in [-0.2, 0) is 14.3 Å². The zero-order chi connectivity index (χ0) is 24.2. The van der Waals surface area contributed by atoms with E-state index in [0.717, 1.165) is 0 Å². The third-order valence-electron chi connectivity index (χ3n) is 6.34. The van der Waals surface area contributed by atoms with Crippen LogP contribution < -0.4 is 4.74 Å². The van der Waals surface area contributed by atoms with Crippen molar-refractivity contribution in [2.24, 2.45) is 22.7 Å². The summed E-state index contributed by atoms with van der Waals surface area (Å²) in [6.45, 7) is 7.78. The average Bonchev–Trinajstić information content (AvgIpc) is 3.27. The number of carbonyl (C=O) groups is 2. The number of hydrogen-bond donors (Lipinski definition) is 1. The van der Waals surface area contributed by atoms with E-state index in [4.69, 9.17) is 9.47 Å². The fraction of sp³-hybridized carbons (Fsp3) is 0.370. The topological polar surface area (TPSA) is 96.6 Å². The fourth-order valence-electron chi connectivity index (χ4n) is 4.61. The Morgan fingerprint density at radius 1 is 1.12 bits per heavy atom. The molecule has 1 saturated carbocycles. The van der Waals surface area contributed by atoms with Crippen molar-refractivity contribution in [1.29, 1.82) is 5.26 Å². The summed E-state index contributed by atoms with van der Waals surface area (Å²) in [6, 6.07) is 18.4. The van der Waals surface area contributed by atoms with Gasteiger partial charge in [-0.05, 0) is 41.2 Å². The van der Waals surface area contributed by atoms with Crippen molar-refractivity contribution < 1.29 is 24.2 Å². The van der Waals surface area contributed by atoms with Gasteiger partial charge in [-0.15, -0.1) is 0 Å². The van der Waals surface area contributed by atoms with Gasteiger partial charge < -0.3 is 14.6 Å². The second-order valence-corrected chi connectivity index (χ2v) is 9.31. The van der Waals surface area contributed by atoms with Gasteiger partial charge in [-0.3, -0.25) is 4.79 Å². The Labute approximate surface area is 194 Å². The number of nitriles is 1. The molecule has 0 radical (unpaired) electrons. The van der Waals surface area contributed by atoms with E-state index in [0.29, 0.717) is 17.1 Å². The van der Waals surface area contributed by atoms with E-state index in [1.807, 2.05) is 58.0 Å². The molecule has 2 aromatic carbocycles. The van der Waals surface area contributed by atoms with Gasteiger partial charge in [-0.25, -0.2) is 4.79 Å². The highest BCUT2D eigenvalue weighted by atomic mass is 16.5. The number of allylic oxidation sites excluding steroid dienone is 1. The number of nitrogens with zero attached hydrogens (tertiary/aromatic N) is 1. The summed E-state index contributed by atoms with van der Waals surface area (Å²) in [5.41, 5.74) is -1.58. The zero-order valence-corrected chi connectivity index (χ0v) is 19.3. The number of aliphatic carboxylic acids is 1. The molecule has 6 nitrogen and oxygen atoms in total. The summed E-state index contributed by atoms with van der Waals surface area (Å²) in [5.74, 6) is -1.68. The molecular formula is C27H29NO5. The van der Waals surface area contributed by atoms with Crippen LogP contribution in [0.3, 0.4) is 0 Å². The standard InChI is InChI=1S/C27H29NO5/c1-18(2)17-32-24(29)14-13-23-26(3,4)27(23,25(30)31)22(16-28)19-9-8-12-21(15-19)33-20-10-6-5-7-11-20/h5-15,18,22-23H,17H2,1-4H3,(H,30,31)/t22?,23-,27+/m0/s1. The monoisotopic (exact) mass is 447 g/mol. The van der Waals surface area contributed by atoms with Crippen LogP contribution in [0.4, 0.5) is 0 Å². The second kappa shape index (κ2) is 9.50. The zero-order valence-electron chi connectivity index (χ0n) is 19.3. The lowest BCUT2D eigenvalue weighted by Gasteiger charge is -2.22. The maximum Gasteiger partial charge on any atom is 0.330 e. The van der Waals surface area contributed by atoms with Crippen molar-refractivity contribution in [3.8, 4) is 17.6 Å². The highest BCUT2D eigenvalue weighted by Crippen LogP contribution is 2.75. The van der Waals surface area contributed by atoms with Crippen molar-refractivity contribution in [1.82, 2.24) is 0 Å². The Bertz CT molecular complexity index is 1080. The van der Waals surface area contributed by atoms with E-state index in [1.54, 1.807) is 30.3 Å². The Morgan fingerprint density at radius 3 is 2.39 bits per heavy atom. The van der Waals surface area contributed by atoms with Crippen LogP contribution in [0.15, 0.2) is 66.7 Å². The first-order chi connectivity index (χ1) is 15.6. The van der Waals surface area contributed by atoms with Crippen LogP contribution in [0.1, 0.15) is 39.2 Å². The van der Waals surface area contributed by atoms with E-state index < -0.39 is 34.6 Å². The number of hydrogen-bond acceptors (Lipinski definition) is 5. The Kier molecular flexibility index (Phi) is 6.92. The highest BCUT2D eigenvalue weighted by molar-refractivity contribution is 5.86. The molecular weight excluding hydrogens is 418 g/mol. The molecule has 172 valence electrons. The minimum Gasteiger partial charge on any atom is -0.481 e. The van der Waals surface area contributed by atoms with Crippen LogP contribution in [0.25, 0.3) is 0 Å². The average molecular weight is 448 g/mol. The van der Waals surface area contributed by atoms with E-state index in [1.165, 1.54) is 6.08 Å². The summed E-state index contributed by atoms with van der Waals surface area (Å²) in [5, 5.41) is 20.4. The van der Waals surface area contributed by atoms with Crippen molar-refractivity contribution in [2.75, 3.05) is 6.61 Å². The van der Waals surface area contributed by atoms with Crippen LogP contribution in [0, 0.1) is 34.0 Å². The number of para-hydroxylation sites is 1. The molecule has 1 aliphatic rings. The molecule has 33 heavy (non-hydrogen) atoms. The van der Waals surface area contributed by atoms with Crippen molar-refractivity contribution >= 4 is 11.9 Å². The predicted octanol–water partition coefficient (Wildman–Crippen LogP) is 5.57. The van der Waals surface area contributed by atoms with Gasteiger partial charge in [0.2, 0.25) is 0 Å². The molecule has 3 atom stereocenters. The van der Waals surface area contributed by atoms with Crippen LogP contribution in [-0.4, -0.2) is 23.7 Å². The second-order valence-electron chi connectivity index (χ2n) is 9.31. The Morgan fingerprint density at radius 2 is 1.79 bits per heavy atom. The summed E-state index contributed by atoms with van der Waals surface area (Å²) in [4.78, 5) is 24.6. The maximum atomic E-state index is 12.6. The smallest absolute Gasteiger partial charge is 0.330 e. The van der Waals surface area contributed by atoms with Crippen LogP contribution in [0.2, 0.25) is 0 Å². The van der Waals surface area contributed by atoms with Crippen molar-refractivity contribution in [3.05, 3.63) is 72.3 Å². The van der Waals surface area contributed by atoms with Crippen molar-refractivity contribution in [2.45, 2.75) is 33.6 Å². The number of rotatable bonds is 9. The van der Waals surface area contributed by atoms with Gasteiger partial charge in [-0.1, -0.05) is 64.1 Å². The predicted molar refractivity (Wildman–Crippen MR) is 124 cm³/mol. The van der Waals surface area contributed by atoms with Gasteiger partial charge in [0, 0.05) is 12.0 Å². The quantitative estimate of drug-likeness (QED) is 0.399. The summed E-state index contributed by atoms with van der Waals surface area (Å²) < 4.78 is 11.0. The molecule has 6 heteroatoms. The largest absolute Gasteiger partial charge is 0.481 e. The maximum absolute atomic E-state index is 12.6. The van der Waals surface area contributed by atoms with Crippen LogP contribution in [0.5, 0.6) is 11.5 Å². The molecule has 1 unspecified atom stereocenters. The van der Waals surface area contributed by atoms with E-state index in [-0.39, 0.29) is 12.5 Å². The third kappa shape index (κ3) is 4.63. The molecule has 2 aromatic rings. The van der Waals surface area contributed by atoms with Crippen molar-refractivity contribution in [3.63, 3.8) is 0 Å². The fourth-order valence-corrected chi connectivity index (χ4v) is 4.61. The molecule has 3 rings (SSSR count). The van der Waals surface area contributed by atoms with Gasteiger partial charge in [0.25, 0.3) is 0 Å². The first kappa shape index (κ1) is 24.1. The summed E-state index contributed by atoms with van der Waals surface area (Å²) in [6.07, 6.45) is 2.86. The van der Waals surface area contributed by atoms with Crippen LogP contribution >= 0.6 is 0 Å². The van der Waals surface area contributed by atoms with Gasteiger partial charge >= 0.3 is 11.9 Å². The highest BCUT2D eigenvalue weighted by Gasteiger charge is 2.78. The number of ether oxygens (including phenoxy) is 2. The molecule has 0 spiro atoms. The molecule has 1 aliphatic carbocycles. The van der Waals surface area contributed by atoms with Gasteiger partial charge in [0.15, 0.2) is 0 Å². The minimum absolute atomic E-state index is 0.200. The van der Waals surface area contributed by atoms with E-state index >= 15 is 0 Å². The molecule has 1 fully saturated rings. The molecule has 0 aliphatic heterocycles. The lowest BCUT2D eigenvalue weighted by atomic mass is 9.78. The normalized spacial score (nSPS) is 21.9. The van der Waals surface area contributed by atoms with Gasteiger partial charge in [0.1, 0.15) is 16.9 Å². The number of benzene rings is 2. The third-order valence-corrected chi connectivity index (χ3v) is 6.34. The lowest BCUT2D eigenvalue weighted by molar-refractivity contribution is -0.145. The SMILES string of the molecule is CC(C)COC(=O)C=C[C@H]1C(C)(C)[C@]1(C(=O)O)C(C#N)c1cccc(Oc2ccccc2)c1. The molecule has 0 heterocycles. The first-order valence-corrected chi connectivity index (χ1v) is 11.0. The van der Waals surface area contributed by atoms with Gasteiger partial charge in [-0.2, -0.15) is 5.26 Å².